The van der Waals surface area contributed by atoms with Crippen molar-refractivity contribution in [2.24, 2.45) is 18.7 Å². The molecule has 0 saturated carbocycles. The van der Waals surface area contributed by atoms with Crippen LogP contribution < -0.4 is 11.4 Å². The molecular weight excluding hydrogens is 154 g/mol. The molecule has 0 aliphatic carbocycles. The van der Waals surface area contributed by atoms with E-state index in [-0.39, 0.29) is 5.69 Å². The molecule has 0 aliphatic rings. The van der Waals surface area contributed by atoms with Gasteiger partial charge in [-0.25, -0.2) is 4.79 Å². The Kier molecular flexibility index (Phi) is 2.70. The third-order valence-corrected chi connectivity index (χ3v) is 1.93. The van der Waals surface area contributed by atoms with Gasteiger partial charge in [-0.2, -0.15) is 0 Å². The molecule has 0 fully saturated rings. The first-order valence-electron chi connectivity index (χ1n) is 4.07. The first kappa shape index (κ1) is 9.06. The van der Waals surface area contributed by atoms with Crippen molar-refractivity contribution in [1.82, 2.24) is 9.13 Å². The van der Waals surface area contributed by atoms with E-state index in [0.717, 1.165) is 0 Å². The molecule has 1 rings (SSSR count). The third kappa shape index (κ3) is 1.76. The number of hydrogen-bond acceptors (Lipinski definition) is 2. The maximum absolute atomic E-state index is 11.3. The van der Waals surface area contributed by atoms with Crippen molar-refractivity contribution in [2.75, 3.05) is 6.54 Å². The molecule has 1 aromatic heterocycles. The molecule has 2 N–H and O–H groups in total. The first-order chi connectivity index (χ1) is 5.65. The van der Waals surface area contributed by atoms with E-state index in [1.54, 1.807) is 28.6 Å². The lowest BCUT2D eigenvalue weighted by Gasteiger charge is -2.07. The molecule has 0 amide bonds. The van der Waals surface area contributed by atoms with Gasteiger partial charge in [0.25, 0.3) is 0 Å². The molecular formula is C8H15N3O. The fourth-order valence-electron chi connectivity index (χ4n) is 1.06. The molecule has 4 nitrogen and oxygen atoms in total. The van der Waals surface area contributed by atoms with E-state index in [0.29, 0.717) is 19.0 Å². The van der Waals surface area contributed by atoms with E-state index < -0.39 is 0 Å². The van der Waals surface area contributed by atoms with Crippen LogP contribution in [0.2, 0.25) is 0 Å². The van der Waals surface area contributed by atoms with Gasteiger partial charge in [0.15, 0.2) is 0 Å². The zero-order valence-electron chi connectivity index (χ0n) is 7.53. The summed E-state index contributed by atoms with van der Waals surface area (Å²) in [5, 5.41) is 0. The van der Waals surface area contributed by atoms with Crippen LogP contribution in [0.4, 0.5) is 0 Å². The molecule has 0 spiro atoms. The van der Waals surface area contributed by atoms with Crippen LogP contribution in [0.15, 0.2) is 17.2 Å². The smallest absolute Gasteiger partial charge is 0.327 e. The lowest BCUT2D eigenvalue weighted by molar-refractivity contribution is 0.478. The Balaban J connectivity index is 2.76. The Morgan fingerprint density at radius 3 is 2.67 bits per heavy atom. The summed E-state index contributed by atoms with van der Waals surface area (Å²) in [6.45, 7) is 3.34. The zero-order chi connectivity index (χ0) is 9.14. The second kappa shape index (κ2) is 3.58. The number of aromatic nitrogens is 2. The number of nitrogens with two attached hydrogens (primary N) is 1. The number of nitrogens with zero attached hydrogens (tertiary/aromatic N) is 2. The summed E-state index contributed by atoms with van der Waals surface area (Å²) in [4.78, 5) is 11.3. The van der Waals surface area contributed by atoms with Gasteiger partial charge in [0.1, 0.15) is 0 Å². The normalized spacial score (nSPS) is 13.2. The molecule has 1 atom stereocenters. The van der Waals surface area contributed by atoms with E-state index in [1.807, 2.05) is 6.92 Å². The topological polar surface area (TPSA) is 52.9 Å². The van der Waals surface area contributed by atoms with E-state index >= 15 is 0 Å². The predicted molar refractivity (Wildman–Crippen MR) is 47.9 cm³/mol. The molecule has 1 heterocycles. The van der Waals surface area contributed by atoms with Gasteiger partial charge in [-0.15, -0.1) is 0 Å². The number of hydrogen-bond donors (Lipinski definition) is 1. The van der Waals surface area contributed by atoms with Gasteiger partial charge in [-0.3, -0.25) is 4.57 Å². The third-order valence-electron chi connectivity index (χ3n) is 1.93. The second-order valence-electron chi connectivity index (χ2n) is 3.18. The van der Waals surface area contributed by atoms with Gasteiger partial charge >= 0.3 is 5.69 Å². The second-order valence-corrected chi connectivity index (χ2v) is 3.18. The minimum absolute atomic E-state index is 0.0234. The van der Waals surface area contributed by atoms with Crippen molar-refractivity contribution in [3.05, 3.63) is 22.9 Å². The molecule has 12 heavy (non-hydrogen) atoms. The van der Waals surface area contributed by atoms with Crippen LogP contribution in [-0.4, -0.2) is 15.7 Å². The summed E-state index contributed by atoms with van der Waals surface area (Å²) >= 11 is 0. The summed E-state index contributed by atoms with van der Waals surface area (Å²) in [6.07, 6.45) is 3.54. The van der Waals surface area contributed by atoms with Gasteiger partial charge in [0, 0.05) is 26.0 Å². The summed E-state index contributed by atoms with van der Waals surface area (Å²) in [5.41, 5.74) is 5.48. The number of imidazole rings is 1. The molecule has 1 aromatic rings. The lowest BCUT2D eigenvalue weighted by Crippen LogP contribution is -2.26. The summed E-state index contributed by atoms with van der Waals surface area (Å²) in [7, 11) is 1.74. The van der Waals surface area contributed by atoms with Crippen molar-refractivity contribution >= 4 is 0 Å². The molecule has 0 aliphatic heterocycles. The van der Waals surface area contributed by atoms with Gasteiger partial charge in [0.2, 0.25) is 0 Å². The maximum atomic E-state index is 11.3. The van der Waals surface area contributed by atoms with Crippen LogP contribution in [0.5, 0.6) is 0 Å². The minimum Gasteiger partial charge on any atom is -0.330 e. The van der Waals surface area contributed by atoms with E-state index in [9.17, 15) is 4.79 Å². The number of rotatable bonds is 3. The van der Waals surface area contributed by atoms with Crippen LogP contribution >= 0.6 is 0 Å². The van der Waals surface area contributed by atoms with Gasteiger partial charge in [-0.05, 0) is 12.5 Å². The Morgan fingerprint density at radius 1 is 1.58 bits per heavy atom. The van der Waals surface area contributed by atoms with Gasteiger partial charge in [-0.1, -0.05) is 6.92 Å². The maximum Gasteiger partial charge on any atom is 0.327 e. The van der Waals surface area contributed by atoms with Crippen LogP contribution in [0.3, 0.4) is 0 Å². The molecule has 0 radical (unpaired) electrons. The van der Waals surface area contributed by atoms with Crippen molar-refractivity contribution < 1.29 is 0 Å². The SMILES string of the molecule is CC(CN)Cn1ccn(C)c1=O. The van der Waals surface area contributed by atoms with Crippen LogP contribution in [0.25, 0.3) is 0 Å². The van der Waals surface area contributed by atoms with Crippen molar-refractivity contribution in [3.8, 4) is 0 Å². The highest BCUT2D eigenvalue weighted by atomic mass is 16.1. The Labute approximate surface area is 71.6 Å². The Hall–Kier alpha value is -1.03. The molecule has 0 aromatic carbocycles. The monoisotopic (exact) mass is 169 g/mol. The minimum atomic E-state index is 0.0234. The van der Waals surface area contributed by atoms with Gasteiger partial charge < -0.3 is 10.3 Å². The van der Waals surface area contributed by atoms with Gasteiger partial charge in [0.05, 0.1) is 0 Å². The van der Waals surface area contributed by atoms with E-state index in [2.05, 4.69) is 0 Å². The van der Waals surface area contributed by atoms with E-state index in [1.165, 1.54) is 0 Å². The quantitative estimate of drug-likeness (QED) is 0.680. The van der Waals surface area contributed by atoms with Crippen molar-refractivity contribution in [3.63, 3.8) is 0 Å². The summed E-state index contributed by atoms with van der Waals surface area (Å²) < 4.78 is 3.24. The molecule has 4 heteroatoms. The van der Waals surface area contributed by atoms with Crippen molar-refractivity contribution in [2.45, 2.75) is 13.5 Å². The Morgan fingerprint density at radius 2 is 2.25 bits per heavy atom. The highest BCUT2D eigenvalue weighted by molar-refractivity contribution is 4.80. The highest BCUT2D eigenvalue weighted by Crippen LogP contribution is 1.94. The Bertz CT molecular complexity index is 299. The van der Waals surface area contributed by atoms with Crippen LogP contribution in [-0.2, 0) is 13.6 Å². The summed E-state index contributed by atoms with van der Waals surface area (Å²) in [5.74, 6) is 0.352. The molecule has 68 valence electrons. The molecule has 0 bridgehead atoms. The van der Waals surface area contributed by atoms with E-state index in [4.69, 9.17) is 5.73 Å². The predicted octanol–water partition coefficient (Wildman–Crippen LogP) is -0.218. The van der Waals surface area contributed by atoms with Crippen LogP contribution in [0, 0.1) is 5.92 Å². The average Bonchev–Trinajstić information content (AvgIpc) is 2.36. The summed E-state index contributed by atoms with van der Waals surface area (Å²) in [6, 6.07) is 0. The fraction of sp³-hybridized carbons (Fsp3) is 0.625. The highest BCUT2D eigenvalue weighted by Gasteiger charge is 2.03. The first-order valence-corrected chi connectivity index (χ1v) is 4.07. The molecule has 1 unspecified atom stereocenters. The van der Waals surface area contributed by atoms with Crippen LogP contribution in [0.1, 0.15) is 6.92 Å². The molecule has 0 saturated heterocycles. The fourth-order valence-corrected chi connectivity index (χ4v) is 1.06. The largest absolute Gasteiger partial charge is 0.330 e. The lowest BCUT2D eigenvalue weighted by atomic mass is 10.2. The zero-order valence-corrected chi connectivity index (χ0v) is 7.53. The standard InChI is InChI=1S/C8H15N3O/c1-7(5-9)6-11-4-3-10(2)8(11)12/h3-4,7H,5-6,9H2,1-2H3. The number of aryl methyl sites for hydroxylation is 1. The van der Waals surface area contributed by atoms with Crippen molar-refractivity contribution in [1.29, 1.82) is 0 Å². The average molecular weight is 169 g/mol.